The van der Waals surface area contributed by atoms with Crippen molar-refractivity contribution in [3.05, 3.63) is 17.8 Å². The molecule has 5 heteroatoms. The average molecular weight is 396 g/mol. The van der Waals surface area contributed by atoms with Gasteiger partial charge in [0.05, 0.1) is 6.61 Å². The van der Waals surface area contributed by atoms with Crippen LogP contribution in [0.2, 0.25) is 0 Å². The summed E-state index contributed by atoms with van der Waals surface area (Å²) in [5.41, 5.74) is 1.30. The molecule has 0 radical (unpaired) electrons. The van der Waals surface area contributed by atoms with E-state index in [0.717, 1.165) is 56.7 Å². The highest BCUT2D eigenvalue weighted by Gasteiger charge is 2.26. The molecule has 0 bridgehead atoms. The number of ketones is 1. The SMILES string of the molecule is CC#CC(=O)CC1CCC(CCN2CCN(c3nccc4c3OCC4)CC2)CC1. The minimum Gasteiger partial charge on any atom is -0.489 e. The fourth-order valence-electron chi connectivity index (χ4n) is 5.04. The molecule has 0 unspecified atom stereocenters. The Labute approximate surface area is 174 Å². The first kappa shape index (κ1) is 20.2. The Bertz CT molecular complexity index is 766. The molecule has 1 saturated carbocycles. The van der Waals surface area contributed by atoms with Crippen molar-refractivity contribution in [1.29, 1.82) is 0 Å². The maximum Gasteiger partial charge on any atom is 0.205 e. The van der Waals surface area contributed by atoms with Gasteiger partial charge in [0.25, 0.3) is 0 Å². The van der Waals surface area contributed by atoms with Crippen LogP contribution < -0.4 is 9.64 Å². The Morgan fingerprint density at radius 2 is 1.93 bits per heavy atom. The smallest absolute Gasteiger partial charge is 0.205 e. The molecular formula is C24H33N3O2. The first-order valence-corrected chi connectivity index (χ1v) is 11.3. The Balaban J connectivity index is 1.17. The van der Waals surface area contributed by atoms with Crippen LogP contribution in [0.4, 0.5) is 5.82 Å². The van der Waals surface area contributed by atoms with Gasteiger partial charge >= 0.3 is 0 Å². The van der Waals surface area contributed by atoms with Gasteiger partial charge in [-0.25, -0.2) is 4.98 Å². The van der Waals surface area contributed by atoms with Gasteiger partial charge < -0.3 is 9.64 Å². The van der Waals surface area contributed by atoms with Gasteiger partial charge in [-0.2, -0.15) is 0 Å². The van der Waals surface area contributed by atoms with E-state index in [2.05, 4.69) is 32.7 Å². The fourth-order valence-corrected chi connectivity index (χ4v) is 5.04. The lowest BCUT2D eigenvalue weighted by molar-refractivity contribution is -0.114. The monoisotopic (exact) mass is 395 g/mol. The summed E-state index contributed by atoms with van der Waals surface area (Å²) in [4.78, 5) is 21.3. The second kappa shape index (κ2) is 9.63. The number of hydrogen-bond donors (Lipinski definition) is 0. The molecule has 3 aliphatic rings. The van der Waals surface area contributed by atoms with Gasteiger partial charge in [0.15, 0.2) is 11.6 Å². The van der Waals surface area contributed by atoms with Crippen LogP contribution in [0.1, 0.15) is 51.0 Å². The number of nitrogens with zero attached hydrogens (tertiary/aromatic N) is 3. The first-order chi connectivity index (χ1) is 14.2. The molecule has 156 valence electrons. The maximum absolute atomic E-state index is 11.7. The van der Waals surface area contributed by atoms with Crippen LogP contribution in [0, 0.1) is 23.7 Å². The van der Waals surface area contributed by atoms with Gasteiger partial charge in [0, 0.05) is 50.8 Å². The van der Waals surface area contributed by atoms with Crippen molar-refractivity contribution < 1.29 is 9.53 Å². The van der Waals surface area contributed by atoms with E-state index in [4.69, 9.17) is 4.74 Å². The third-order valence-corrected chi connectivity index (χ3v) is 6.82. The highest BCUT2D eigenvalue weighted by molar-refractivity contribution is 5.95. The molecular weight excluding hydrogens is 362 g/mol. The van der Waals surface area contributed by atoms with E-state index in [9.17, 15) is 4.79 Å². The van der Waals surface area contributed by atoms with Gasteiger partial charge in [-0.05, 0) is 56.6 Å². The predicted octanol–water partition coefficient (Wildman–Crippen LogP) is 3.32. The molecule has 3 heterocycles. The minimum atomic E-state index is 0.123. The fraction of sp³-hybridized carbons (Fsp3) is 0.667. The number of fused-ring (bicyclic) bond motifs is 1. The number of aromatic nitrogens is 1. The third-order valence-electron chi connectivity index (χ3n) is 6.82. The predicted molar refractivity (Wildman–Crippen MR) is 115 cm³/mol. The number of piperazine rings is 1. The lowest BCUT2D eigenvalue weighted by Crippen LogP contribution is -2.47. The van der Waals surface area contributed by atoms with Crippen molar-refractivity contribution in [2.24, 2.45) is 11.8 Å². The summed E-state index contributed by atoms with van der Waals surface area (Å²) >= 11 is 0. The van der Waals surface area contributed by atoms with E-state index in [1.165, 1.54) is 44.2 Å². The van der Waals surface area contributed by atoms with Crippen LogP contribution in [-0.4, -0.2) is 55.0 Å². The molecule has 1 saturated heterocycles. The summed E-state index contributed by atoms with van der Waals surface area (Å²) in [6.45, 7) is 7.98. The Hall–Kier alpha value is -2.06. The molecule has 0 aromatic carbocycles. The molecule has 29 heavy (non-hydrogen) atoms. The van der Waals surface area contributed by atoms with E-state index < -0.39 is 0 Å². The Kier molecular flexibility index (Phi) is 6.71. The minimum absolute atomic E-state index is 0.123. The summed E-state index contributed by atoms with van der Waals surface area (Å²) in [7, 11) is 0. The Morgan fingerprint density at radius 1 is 1.17 bits per heavy atom. The van der Waals surface area contributed by atoms with Gasteiger partial charge in [-0.15, -0.1) is 0 Å². The number of carbonyl (C=O) groups excluding carboxylic acids is 1. The molecule has 2 fully saturated rings. The van der Waals surface area contributed by atoms with Crippen LogP contribution >= 0.6 is 0 Å². The van der Waals surface area contributed by atoms with Crippen LogP contribution in [-0.2, 0) is 11.2 Å². The van der Waals surface area contributed by atoms with Crippen molar-refractivity contribution in [3.63, 3.8) is 0 Å². The van der Waals surface area contributed by atoms with E-state index >= 15 is 0 Å². The topological polar surface area (TPSA) is 45.7 Å². The van der Waals surface area contributed by atoms with Crippen LogP contribution in [0.5, 0.6) is 5.75 Å². The molecule has 0 atom stereocenters. The number of carbonyl (C=O) groups is 1. The second-order valence-corrected chi connectivity index (χ2v) is 8.73. The van der Waals surface area contributed by atoms with Crippen molar-refractivity contribution in [1.82, 2.24) is 9.88 Å². The Morgan fingerprint density at radius 3 is 2.69 bits per heavy atom. The van der Waals surface area contributed by atoms with E-state index in [1.54, 1.807) is 6.92 Å². The first-order valence-electron chi connectivity index (χ1n) is 11.3. The summed E-state index contributed by atoms with van der Waals surface area (Å²) in [5, 5.41) is 0. The van der Waals surface area contributed by atoms with Crippen LogP contribution in [0.25, 0.3) is 0 Å². The van der Waals surface area contributed by atoms with E-state index in [-0.39, 0.29) is 5.78 Å². The van der Waals surface area contributed by atoms with Gasteiger partial charge in [-0.1, -0.05) is 18.8 Å². The number of hydrogen-bond acceptors (Lipinski definition) is 5. The third kappa shape index (κ3) is 5.11. The molecule has 4 rings (SSSR count). The summed E-state index contributed by atoms with van der Waals surface area (Å²) in [5.74, 6) is 8.98. The lowest BCUT2D eigenvalue weighted by atomic mass is 9.78. The molecule has 0 amide bonds. The zero-order valence-electron chi connectivity index (χ0n) is 17.7. The second-order valence-electron chi connectivity index (χ2n) is 8.73. The standard InChI is InChI=1S/C24H33N3O2/c1-2-3-22(28)18-20-6-4-19(5-7-20)9-12-26-13-15-27(16-14-26)24-23-21(8-11-25-24)10-17-29-23/h8,11,19-20H,4-7,9-10,12-18H2,1H3. The van der Waals surface area contributed by atoms with Gasteiger partial charge in [0.1, 0.15) is 0 Å². The maximum atomic E-state index is 11.7. The molecule has 2 aliphatic heterocycles. The molecule has 0 spiro atoms. The van der Waals surface area contributed by atoms with Gasteiger partial charge in [-0.3, -0.25) is 9.69 Å². The number of pyridine rings is 1. The van der Waals surface area contributed by atoms with Crippen LogP contribution in [0.3, 0.4) is 0 Å². The largest absolute Gasteiger partial charge is 0.489 e. The summed E-state index contributed by atoms with van der Waals surface area (Å²) < 4.78 is 5.84. The van der Waals surface area contributed by atoms with Crippen molar-refractivity contribution in [2.45, 2.75) is 51.9 Å². The molecule has 0 N–H and O–H groups in total. The quantitative estimate of drug-likeness (QED) is 0.546. The zero-order chi connectivity index (χ0) is 20.1. The number of rotatable bonds is 6. The normalized spacial score (nSPS) is 24.4. The summed E-state index contributed by atoms with van der Waals surface area (Å²) in [6.07, 6.45) is 9.82. The van der Waals surface area contributed by atoms with Crippen LogP contribution in [0.15, 0.2) is 12.3 Å². The molecule has 1 aliphatic carbocycles. The number of Topliss-reactive ketones (excluding diaryl/α,β-unsaturated/α-hetero) is 1. The van der Waals surface area contributed by atoms with E-state index in [1.807, 2.05) is 6.20 Å². The van der Waals surface area contributed by atoms with E-state index in [0.29, 0.717) is 12.3 Å². The average Bonchev–Trinajstić information content (AvgIpc) is 3.23. The number of ether oxygens (including phenoxy) is 1. The van der Waals surface area contributed by atoms with Crippen molar-refractivity contribution >= 4 is 11.6 Å². The van der Waals surface area contributed by atoms with Crippen molar-refractivity contribution in [2.75, 3.05) is 44.2 Å². The molecule has 5 nitrogen and oxygen atoms in total. The highest BCUT2D eigenvalue weighted by Crippen LogP contribution is 2.35. The number of anilines is 1. The lowest BCUT2D eigenvalue weighted by Gasteiger charge is -2.37. The van der Waals surface area contributed by atoms with Crippen molar-refractivity contribution in [3.8, 4) is 17.6 Å². The van der Waals surface area contributed by atoms with Gasteiger partial charge in [0.2, 0.25) is 5.78 Å². The summed E-state index contributed by atoms with van der Waals surface area (Å²) in [6, 6.07) is 2.09. The molecule has 1 aromatic rings. The zero-order valence-corrected chi connectivity index (χ0v) is 17.7. The molecule has 1 aromatic heterocycles. The highest BCUT2D eigenvalue weighted by atomic mass is 16.5.